The second kappa shape index (κ2) is 7.33. The van der Waals surface area contributed by atoms with Gasteiger partial charge in [-0.05, 0) is 36.8 Å². The van der Waals surface area contributed by atoms with Crippen LogP contribution in [0.15, 0.2) is 29.5 Å². The number of fused-ring (bicyclic) bond motifs is 1. The molecule has 1 aliphatic rings. The summed E-state index contributed by atoms with van der Waals surface area (Å²) >= 11 is 0. The third kappa shape index (κ3) is 3.16. The van der Waals surface area contributed by atoms with Gasteiger partial charge in [-0.2, -0.15) is 0 Å². The molecule has 28 heavy (non-hydrogen) atoms. The number of rotatable bonds is 4. The molecule has 0 atom stereocenters. The van der Waals surface area contributed by atoms with Crippen molar-refractivity contribution in [3.05, 3.63) is 46.7 Å². The standard InChI is InChI=1S/C20H25FN6O/c1-13(2)17-16(21)19(24-12-23-17)26-9-6-14(7-10-26)11-27-18-15(5-4-8-22-18)25(3)20(27)28/h4-5,8,12-14H,6-7,9-11H2,1-3H3. The molecule has 3 aromatic rings. The molecule has 0 saturated carbocycles. The summed E-state index contributed by atoms with van der Waals surface area (Å²) in [5.74, 6) is 0.438. The number of halogens is 1. The Morgan fingerprint density at radius 1 is 1.21 bits per heavy atom. The Hall–Kier alpha value is -2.77. The van der Waals surface area contributed by atoms with Gasteiger partial charge in [0.1, 0.15) is 6.33 Å². The van der Waals surface area contributed by atoms with Gasteiger partial charge in [-0.1, -0.05) is 13.8 Å². The van der Waals surface area contributed by atoms with Gasteiger partial charge in [0.05, 0.1) is 11.2 Å². The highest BCUT2D eigenvalue weighted by Gasteiger charge is 2.26. The molecule has 1 saturated heterocycles. The van der Waals surface area contributed by atoms with Crippen molar-refractivity contribution in [2.45, 2.75) is 39.2 Å². The minimum absolute atomic E-state index is 0.0185. The maximum Gasteiger partial charge on any atom is 0.330 e. The van der Waals surface area contributed by atoms with Crippen LogP contribution in [0.5, 0.6) is 0 Å². The summed E-state index contributed by atoms with van der Waals surface area (Å²) in [5.41, 5.74) is 1.98. The smallest absolute Gasteiger partial charge is 0.330 e. The second-order valence-electron chi connectivity index (χ2n) is 7.78. The van der Waals surface area contributed by atoms with Crippen LogP contribution in [0.1, 0.15) is 38.3 Å². The molecule has 0 aliphatic carbocycles. The van der Waals surface area contributed by atoms with Crippen molar-refractivity contribution in [3.63, 3.8) is 0 Å². The molecule has 1 fully saturated rings. The summed E-state index contributed by atoms with van der Waals surface area (Å²) in [7, 11) is 1.77. The van der Waals surface area contributed by atoms with E-state index in [0.29, 0.717) is 37.1 Å². The van der Waals surface area contributed by atoms with Gasteiger partial charge < -0.3 is 4.90 Å². The van der Waals surface area contributed by atoms with E-state index in [9.17, 15) is 9.18 Å². The van der Waals surface area contributed by atoms with Gasteiger partial charge in [0.15, 0.2) is 17.3 Å². The third-order valence-electron chi connectivity index (χ3n) is 5.60. The molecule has 1 aliphatic heterocycles. The number of hydrogen-bond donors (Lipinski definition) is 0. The van der Waals surface area contributed by atoms with Crippen LogP contribution in [-0.2, 0) is 13.6 Å². The van der Waals surface area contributed by atoms with E-state index in [4.69, 9.17) is 0 Å². The largest absolute Gasteiger partial charge is 0.354 e. The Bertz CT molecular complexity index is 1050. The normalized spacial score (nSPS) is 15.7. The fourth-order valence-corrected chi connectivity index (χ4v) is 3.98. The zero-order chi connectivity index (χ0) is 19.8. The summed E-state index contributed by atoms with van der Waals surface area (Å²) in [4.78, 5) is 27.3. The van der Waals surface area contributed by atoms with Gasteiger partial charge in [-0.25, -0.2) is 24.1 Å². The predicted molar refractivity (Wildman–Crippen MR) is 106 cm³/mol. The van der Waals surface area contributed by atoms with Crippen molar-refractivity contribution in [1.29, 1.82) is 0 Å². The Kier molecular flexibility index (Phi) is 4.87. The molecule has 4 heterocycles. The quantitative estimate of drug-likeness (QED) is 0.692. The van der Waals surface area contributed by atoms with Crippen LogP contribution in [0.3, 0.4) is 0 Å². The number of pyridine rings is 1. The van der Waals surface area contributed by atoms with Crippen LogP contribution in [0, 0.1) is 11.7 Å². The SMILES string of the molecule is CC(C)c1ncnc(N2CCC(Cn3c(=O)n(C)c4cccnc43)CC2)c1F. The predicted octanol–water partition coefficient (Wildman–Crippen LogP) is 2.70. The topological polar surface area (TPSA) is 68.8 Å². The van der Waals surface area contributed by atoms with Crippen molar-refractivity contribution in [2.24, 2.45) is 13.0 Å². The molecular formula is C20H25FN6O. The first-order chi connectivity index (χ1) is 13.5. The second-order valence-corrected chi connectivity index (χ2v) is 7.78. The maximum atomic E-state index is 14.8. The van der Waals surface area contributed by atoms with Gasteiger partial charge in [0, 0.05) is 32.9 Å². The van der Waals surface area contributed by atoms with Crippen molar-refractivity contribution in [1.82, 2.24) is 24.1 Å². The Balaban J connectivity index is 1.50. The van der Waals surface area contributed by atoms with E-state index in [1.54, 1.807) is 22.4 Å². The Morgan fingerprint density at radius 2 is 1.96 bits per heavy atom. The van der Waals surface area contributed by atoms with E-state index in [1.165, 1.54) is 6.33 Å². The molecule has 0 unspecified atom stereocenters. The van der Waals surface area contributed by atoms with Crippen LogP contribution in [0.25, 0.3) is 11.2 Å². The number of imidazole rings is 1. The van der Waals surface area contributed by atoms with Crippen LogP contribution in [0.4, 0.5) is 10.2 Å². The molecule has 3 aromatic heterocycles. The van der Waals surface area contributed by atoms with Crippen LogP contribution in [0.2, 0.25) is 0 Å². The average Bonchev–Trinajstić information content (AvgIpc) is 2.94. The zero-order valence-electron chi connectivity index (χ0n) is 16.5. The summed E-state index contributed by atoms with van der Waals surface area (Å²) in [6.45, 7) is 5.91. The van der Waals surface area contributed by atoms with E-state index in [0.717, 1.165) is 24.0 Å². The molecule has 148 valence electrons. The monoisotopic (exact) mass is 384 g/mol. The first-order valence-electron chi connectivity index (χ1n) is 9.73. The van der Waals surface area contributed by atoms with E-state index in [1.807, 2.05) is 30.9 Å². The van der Waals surface area contributed by atoms with Crippen LogP contribution < -0.4 is 10.6 Å². The minimum atomic E-state index is -0.314. The van der Waals surface area contributed by atoms with Gasteiger partial charge >= 0.3 is 5.69 Å². The lowest BCUT2D eigenvalue weighted by Crippen LogP contribution is -2.37. The molecule has 0 bridgehead atoms. The average molecular weight is 384 g/mol. The third-order valence-corrected chi connectivity index (χ3v) is 5.60. The molecule has 7 nitrogen and oxygen atoms in total. The van der Waals surface area contributed by atoms with Gasteiger partial charge in [0.2, 0.25) is 0 Å². The van der Waals surface area contributed by atoms with Crippen molar-refractivity contribution in [3.8, 4) is 0 Å². The molecule has 0 amide bonds. The Morgan fingerprint density at radius 3 is 2.68 bits per heavy atom. The van der Waals surface area contributed by atoms with Gasteiger partial charge in [-0.15, -0.1) is 0 Å². The van der Waals surface area contributed by atoms with Crippen molar-refractivity contribution < 1.29 is 4.39 Å². The Labute approximate surface area is 162 Å². The highest BCUT2D eigenvalue weighted by atomic mass is 19.1. The first-order valence-corrected chi connectivity index (χ1v) is 9.73. The molecule has 8 heteroatoms. The summed E-state index contributed by atoms with van der Waals surface area (Å²) in [6.07, 6.45) is 4.90. The summed E-state index contributed by atoms with van der Waals surface area (Å²) in [6, 6.07) is 3.75. The van der Waals surface area contributed by atoms with Crippen molar-refractivity contribution >= 4 is 17.0 Å². The molecular weight excluding hydrogens is 359 g/mol. The van der Waals surface area contributed by atoms with E-state index < -0.39 is 0 Å². The number of nitrogens with zero attached hydrogens (tertiary/aromatic N) is 6. The lowest BCUT2D eigenvalue weighted by Gasteiger charge is -2.33. The first kappa shape index (κ1) is 18.6. The van der Waals surface area contributed by atoms with Gasteiger partial charge in [0.25, 0.3) is 0 Å². The number of aromatic nitrogens is 5. The lowest BCUT2D eigenvalue weighted by atomic mass is 9.96. The van der Waals surface area contributed by atoms with Crippen LogP contribution in [-0.4, -0.2) is 37.2 Å². The molecule has 0 radical (unpaired) electrons. The fraction of sp³-hybridized carbons (Fsp3) is 0.500. The van der Waals surface area contributed by atoms with E-state index in [-0.39, 0.29) is 17.4 Å². The number of hydrogen-bond acceptors (Lipinski definition) is 5. The van der Waals surface area contributed by atoms with Crippen molar-refractivity contribution in [2.75, 3.05) is 18.0 Å². The lowest BCUT2D eigenvalue weighted by molar-refractivity contribution is 0.352. The van der Waals surface area contributed by atoms with E-state index >= 15 is 0 Å². The maximum absolute atomic E-state index is 14.8. The highest BCUT2D eigenvalue weighted by molar-refractivity contribution is 5.71. The fourth-order valence-electron chi connectivity index (χ4n) is 3.98. The van der Waals surface area contributed by atoms with E-state index in [2.05, 4.69) is 15.0 Å². The molecule has 0 spiro atoms. The summed E-state index contributed by atoms with van der Waals surface area (Å²) in [5, 5.41) is 0. The number of piperidine rings is 1. The minimum Gasteiger partial charge on any atom is -0.354 e. The summed E-state index contributed by atoms with van der Waals surface area (Å²) < 4.78 is 18.2. The molecule has 0 N–H and O–H groups in total. The van der Waals surface area contributed by atoms with Gasteiger partial charge in [-0.3, -0.25) is 9.13 Å². The zero-order valence-corrected chi connectivity index (χ0v) is 16.5. The highest BCUT2D eigenvalue weighted by Crippen LogP contribution is 2.28. The molecule has 0 aromatic carbocycles. The van der Waals surface area contributed by atoms with Crippen LogP contribution >= 0.6 is 0 Å². The number of aryl methyl sites for hydroxylation is 1. The molecule has 4 rings (SSSR count). The number of anilines is 1.